The zero-order valence-electron chi connectivity index (χ0n) is 16.2. The Morgan fingerprint density at radius 2 is 1.87 bits per heavy atom. The Morgan fingerprint density at radius 3 is 2.63 bits per heavy atom. The van der Waals surface area contributed by atoms with E-state index in [0.29, 0.717) is 40.0 Å². The van der Waals surface area contributed by atoms with Gasteiger partial charge in [0.15, 0.2) is 11.5 Å². The van der Waals surface area contributed by atoms with E-state index in [-0.39, 0.29) is 11.6 Å². The number of rotatable bonds is 6. The van der Waals surface area contributed by atoms with Crippen LogP contribution in [-0.4, -0.2) is 40.2 Å². The highest BCUT2D eigenvalue weighted by Crippen LogP contribution is 2.32. The number of anilines is 1. The van der Waals surface area contributed by atoms with Gasteiger partial charge in [-0.25, -0.2) is 4.98 Å². The fraction of sp³-hybridized carbons (Fsp3) is 0.0952. The number of hydrogen-bond acceptors (Lipinski definition) is 8. The van der Waals surface area contributed by atoms with Crippen molar-refractivity contribution in [2.75, 3.05) is 19.5 Å². The van der Waals surface area contributed by atoms with Crippen LogP contribution in [0.4, 0.5) is 5.69 Å². The second-order valence-corrected chi connectivity index (χ2v) is 6.12. The second-order valence-electron chi connectivity index (χ2n) is 6.12. The topological polar surface area (TPSA) is 112 Å². The van der Waals surface area contributed by atoms with Crippen LogP contribution in [0.5, 0.6) is 11.5 Å². The number of hydrogen-bond donors (Lipinski definition) is 1. The van der Waals surface area contributed by atoms with Crippen molar-refractivity contribution in [1.82, 2.24) is 20.1 Å². The number of aromatic nitrogens is 4. The molecule has 1 N–H and O–H groups in total. The molecule has 2 heterocycles. The molecule has 0 saturated carbocycles. The van der Waals surface area contributed by atoms with Crippen LogP contribution in [0.3, 0.4) is 0 Å². The van der Waals surface area contributed by atoms with E-state index in [0.717, 1.165) is 0 Å². The molecular weight excluding hydrogens is 386 g/mol. The fourth-order valence-corrected chi connectivity index (χ4v) is 2.77. The van der Waals surface area contributed by atoms with Crippen LogP contribution in [0.25, 0.3) is 22.8 Å². The maximum atomic E-state index is 12.3. The minimum absolute atomic E-state index is 0.221. The molecule has 4 aromatic rings. The number of carbonyl (C=O) groups is 1. The van der Waals surface area contributed by atoms with Gasteiger partial charge < -0.3 is 19.3 Å². The smallest absolute Gasteiger partial charge is 0.275 e. The lowest BCUT2D eigenvalue weighted by Gasteiger charge is -2.07. The molecule has 0 saturated heterocycles. The zero-order valence-corrected chi connectivity index (χ0v) is 16.2. The molecule has 0 aliphatic rings. The number of amides is 1. The first kappa shape index (κ1) is 19.1. The molecule has 0 spiro atoms. The van der Waals surface area contributed by atoms with Crippen molar-refractivity contribution in [3.05, 3.63) is 66.7 Å². The summed E-state index contributed by atoms with van der Waals surface area (Å²) in [5.41, 5.74) is 2.17. The normalized spacial score (nSPS) is 10.5. The summed E-state index contributed by atoms with van der Waals surface area (Å²) < 4.78 is 16.0. The van der Waals surface area contributed by atoms with E-state index < -0.39 is 0 Å². The van der Waals surface area contributed by atoms with Crippen LogP contribution in [0.15, 0.2) is 65.6 Å². The molecule has 1 amide bonds. The zero-order chi connectivity index (χ0) is 20.9. The first-order valence-electron chi connectivity index (χ1n) is 8.92. The number of nitrogens with zero attached hydrogens (tertiary/aromatic N) is 4. The SMILES string of the molecule is COc1ccc(-c2nc(-c3cccc(NC(=O)c4cnccn4)c3)no2)cc1OC. The Hall–Kier alpha value is -4.27. The number of carbonyl (C=O) groups excluding carboxylic acids is 1. The predicted molar refractivity (Wildman–Crippen MR) is 108 cm³/mol. The van der Waals surface area contributed by atoms with Gasteiger partial charge in [-0.3, -0.25) is 9.78 Å². The van der Waals surface area contributed by atoms with Gasteiger partial charge in [0.1, 0.15) is 5.69 Å². The summed E-state index contributed by atoms with van der Waals surface area (Å²) in [5.74, 6) is 1.52. The van der Waals surface area contributed by atoms with Crippen molar-refractivity contribution in [2.24, 2.45) is 0 Å². The first-order chi connectivity index (χ1) is 14.7. The highest BCUT2D eigenvalue weighted by molar-refractivity contribution is 6.02. The highest BCUT2D eigenvalue weighted by atomic mass is 16.5. The minimum Gasteiger partial charge on any atom is -0.493 e. The largest absolute Gasteiger partial charge is 0.493 e. The summed E-state index contributed by atoms with van der Waals surface area (Å²) in [7, 11) is 3.13. The van der Waals surface area contributed by atoms with Crippen LogP contribution in [0.1, 0.15) is 10.5 Å². The number of nitrogens with one attached hydrogen (secondary N) is 1. The molecule has 150 valence electrons. The van der Waals surface area contributed by atoms with E-state index >= 15 is 0 Å². The van der Waals surface area contributed by atoms with Crippen LogP contribution in [0.2, 0.25) is 0 Å². The molecule has 4 rings (SSSR count). The predicted octanol–water partition coefficient (Wildman–Crippen LogP) is 3.46. The lowest BCUT2D eigenvalue weighted by Crippen LogP contribution is -2.13. The van der Waals surface area contributed by atoms with Crippen molar-refractivity contribution < 1.29 is 18.8 Å². The molecular formula is C21H17N5O4. The second kappa shape index (κ2) is 8.39. The number of benzene rings is 2. The van der Waals surface area contributed by atoms with E-state index in [1.54, 1.807) is 50.6 Å². The monoisotopic (exact) mass is 403 g/mol. The van der Waals surface area contributed by atoms with E-state index in [1.165, 1.54) is 18.6 Å². The third-order valence-electron chi connectivity index (χ3n) is 4.23. The summed E-state index contributed by atoms with van der Waals surface area (Å²) in [5, 5.41) is 6.82. The Kier molecular flexibility index (Phi) is 5.33. The minimum atomic E-state index is -0.362. The maximum absolute atomic E-state index is 12.3. The maximum Gasteiger partial charge on any atom is 0.275 e. The van der Waals surface area contributed by atoms with Gasteiger partial charge in [0.05, 0.1) is 20.4 Å². The quantitative estimate of drug-likeness (QED) is 0.521. The summed E-state index contributed by atoms with van der Waals surface area (Å²) in [6.45, 7) is 0. The molecule has 0 radical (unpaired) electrons. The average molecular weight is 403 g/mol. The molecule has 9 nitrogen and oxygen atoms in total. The lowest BCUT2D eigenvalue weighted by atomic mass is 10.1. The van der Waals surface area contributed by atoms with Crippen molar-refractivity contribution in [2.45, 2.75) is 0 Å². The van der Waals surface area contributed by atoms with E-state index in [2.05, 4.69) is 25.4 Å². The van der Waals surface area contributed by atoms with Gasteiger partial charge in [0.25, 0.3) is 11.8 Å². The Bertz CT molecular complexity index is 1180. The van der Waals surface area contributed by atoms with E-state index in [1.807, 2.05) is 6.07 Å². The Labute approximate surface area is 171 Å². The molecule has 2 aromatic carbocycles. The van der Waals surface area contributed by atoms with Crippen molar-refractivity contribution in [3.8, 4) is 34.3 Å². The molecule has 0 aliphatic carbocycles. The Morgan fingerprint density at radius 1 is 1.00 bits per heavy atom. The van der Waals surface area contributed by atoms with Crippen LogP contribution in [-0.2, 0) is 0 Å². The molecule has 0 unspecified atom stereocenters. The van der Waals surface area contributed by atoms with Gasteiger partial charge in [-0.05, 0) is 30.3 Å². The van der Waals surface area contributed by atoms with Gasteiger partial charge in [-0.2, -0.15) is 4.98 Å². The highest BCUT2D eigenvalue weighted by Gasteiger charge is 2.14. The first-order valence-corrected chi connectivity index (χ1v) is 8.92. The van der Waals surface area contributed by atoms with Gasteiger partial charge >= 0.3 is 0 Å². The van der Waals surface area contributed by atoms with E-state index in [4.69, 9.17) is 14.0 Å². The third kappa shape index (κ3) is 3.95. The van der Waals surface area contributed by atoms with Crippen LogP contribution in [0, 0.1) is 0 Å². The summed E-state index contributed by atoms with van der Waals surface area (Å²) >= 11 is 0. The Balaban J connectivity index is 1.57. The van der Waals surface area contributed by atoms with Crippen LogP contribution >= 0.6 is 0 Å². The lowest BCUT2D eigenvalue weighted by molar-refractivity contribution is 0.102. The molecule has 0 bridgehead atoms. The van der Waals surface area contributed by atoms with Crippen molar-refractivity contribution in [1.29, 1.82) is 0 Å². The summed E-state index contributed by atoms with van der Waals surface area (Å²) in [6.07, 6.45) is 4.36. The van der Waals surface area contributed by atoms with Gasteiger partial charge in [-0.1, -0.05) is 17.3 Å². The van der Waals surface area contributed by atoms with Gasteiger partial charge in [-0.15, -0.1) is 0 Å². The third-order valence-corrected chi connectivity index (χ3v) is 4.23. The van der Waals surface area contributed by atoms with Crippen molar-refractivity contribution in [3.63, 3.8) is 0 Å². The average Bonchev–Trinajstić information content (AvgIpc) is 3.30. The van der Waals surface area contributed by atoms with Gasteiger partial charge in [0.2, 0.25) is 5.82 Å². The molecule has 0 fully saturated rings. The van der Waals surface area contributed by atoms with E-state index in [9.17, 15) is 4.79 Å². The summed E-state index contributed by atoms with van der Waals surface area (Å²) in [4.78, 5) is 24.6. The van der Waals surface area contributed by atoms with Crippen molar-refractivity contribution >= 4 is 11.6 Å². The molecule has 9 heteroatoms. The molecule has 30 heavy (non-hydrogen) atoms. The molecule has 2 aromatic heterocycles. The molecule has 0 aliphatic heterocycles. The van der Waals surface area contributed by atoms with Gasteiger partial charge in [0, 0.05) is 29.2 Å². The standard InChI is InChI=1S/C21H17N5O4/c1-28-17-7-6-14(11-18(17)29-2)21-25-19(26-30-21)13-4-3-5-15(10-13)24-20(27)16-12-22-8-9-23-16/h3-12H,1-2H3,(H,24,27). The van der Waals surface area contributed by atoms with Crippen LogP contribution < -0.4 is 14.8 Å². The number of ether oxygens (including phenoxy) is 2. The number of methoxy groups -OCH3 is 2. The summed E-state index contributed by atoms with van der Waals surface area (Å²) in [6, 6.07) is 12.4. The molecule has 0 atom stereocenters. The fourth-order valence-electron chi connectivity index (χ4n) is 2.77.